The number of amides is 2. The summed E-state index contributed by atoms with van der Waals surface area (Å²) in [6, 6.07) is 13.0. The summed E-state index contributed by atoms with van der Waals surface area (Å²) in [5, 5.41) is 2.67. The fourth-order valence-electron chi connectivity index (χ4n) is 2.87. The van der Waals surface area contributed by atoms with Crippen molar-refractivity contribution in [1.82, 2.24) is 0 Å². The summed E-state index contributed by atoms with van der Waals surface area (Å²) in [4.78, 5) is 38.2. The predicted molar refractivity (Wildman–Crippen MR) is 109 cm³/mol. The first-order valence-corrected chi connectivity index (χ1v) is 10.2. The normalized spacial score (nSPS) is 13.4. The summed E-state index contributed by atoms with van der Waals surface area (Å²) in [7, 11) is 0. The van der Waals surface area contributed by atoms with Gasteiger partial charge in [-0.1, -0.05) is 6.07 Å². The van der Waals surface area contributed by atoms with E-state index in [0.29, 0.717) is 24.4 Å². The van der Waals surface area contributed by atoms with Gasteiger partial charge in [0.05, 0.1) is 6.42 Å². The maximum absolute atomic E-state index is 12.8. The van der Waals surface area contributed by atoms with Gasteiger partial charge in [0.25, 0.3) is 5.91 Å². The number of carbonyl (C=O) groups is 3. The van der Waals surface area contributed by atoms with Crippen LogP contribution < -0.4 is 10.2 Å². The number of hydrogen-bond donors (Lipinski definition) is 1. The summed E-state index contributed by atoms with van der Waals surface area (Å²) in [6.07, 6.45) is 1.50. The molecular formula is C21H21FN2O4S. The third kappa shape index (κ3) is 6.32. The molecule has 0 atom stereocenters. The Bertz CT molecular complexity index is 889. The van der Waals surface area contributed by atoms with Gasteiger partial charge in [-0.3, -0.25) is 14.4 Å². The molecule has 0 aliphatic carbocycles. The zero-order chi connectivity index (χ0) is 20.6. The number of hydrogen-bond acceptors (Lipinski definition) is 5. The van der Waals surface area contributed by atoms with Crippen molar-refractivity contribution >= 4 is 40.9 Å². The van der Waals surface area contributed by atoms with Gasteiger partial charge in [-0.25, -0.2) is 4.39 Å². The number of thioether (sulfide) groups is 1. The lowest BCUT2D eigenvalue weighted by Gasteiger charge is -2.16. The highest BCUT2D eigenvalue weighted by Gasteiger charge is 2.21. The smallest absolute Gasteiger partial charge is 0.307 e. The minimum Gasteiger partial charge on any atom is -0.456 e. The molecule has 1 aliphatic rings. The SMILES string of the molecule is O=C(COC(=O)CCSc1ccc(F)cc1)Nc1cccc(N2CCCC2=O)c1. The number of ether oxygens (including phenoxy) is 1. The molecule has 1 N–H and O–H groups in total. The zero-order valence-corrected chi connectivity index (χ0v) is 16.5. The Balaban J connectivity index is 1.39. The Hall–Kier alpha value is -2.87. The molecule has 2 aromatic carbocycles. The van der Waals surface area contributed by atoms with E-state index in [1.807, 2.05) is 6.07 Å². The van der Waals surface area contributed by atoms with Crippen LogP contribution in [0.15, 0.2) is 53.4 Å². The van der Waals surface area contributed by atoms with Crippen LogP contribution in [0.1, 0.15) is 19.3 Å². The second-order valence-corrected chi connectivity index (χ2v) is 7.63. The summed E-state index contributed by atoms with van der Waals surface area (Å²) in [5.41, 5.74) is 1.27. The number of nitrogens with one attached hydrogen (secondary N) is 1. The van der Waals surface area contributed by atoms with Crippen molar-refractivity contribution in [3.63, 3.8) is 0 Å². The Morgan fingerprint density at radius 3 is 2.69 bits per heavy atom. The average molecular weight is 416 g/mol. The van der Waals surface area contributed by atoms with Gasteiger partial charge in [0.2, 0.25) is 5.91 Å². The summed E-state index contributed by atoms with van der Waals surface area (Å²) < 4.78 is 17.8. The fourth-order valence-corrected chi connectivity index (χ4v) is 3.70. The van der Waals surface area contributed by atoms with Gasteiger partial charge in [-0.15, -0.1) is 11.8 Å². The van der Waals surface area contributed by atoms with Gasteiger partial charge < -0.3 is 15.0 Å². The van der Waals surface area contributed by atoms with Gasteiger partial charge in [0, 0.05) is 35.0 Å². The van der Waals surface area contributed by atoms with E-state index in [2.05, 4.69) is 5.32 Å². The van der Waals surface area contributed by atoms with Crippen LogP contribution in [0.2, 0.25) is 0 Å². The molecule has 1 heterocycles. The molecule has 0 unspecified atom stereocenters. The highest BCUT2D eigenvalue weighted by molar-refractivity contribution is 7.99. The van der Waals surface area contributed by atoms with Crippen LogP contribution >= 0.6 is 11.8 Å². The largest absolute Gasteiger partial charge is 0.456 e. The molecule has 6 nitrogen and oxygen atoms in total. The van der Waals surface area contributed by atoms with Crippen LogP contribution in [0.25, 0.3) is 0 Å². The Morgan fingerprint density at radius 1 is 1.17 bits per heavy atom. The highest BCUT2D eigenvalue weighted by atomic mass is 32.2. The molecule has 1 aliphatic heterocycles. The molecule has 0 spiro atoms. The van der Waals surface area contributed by atoms with Crippen molar-refractivity contribution in [2.75, 3.05) is 29.1 Å². The number of nitrogens with zero attached hydrogens (tertiary/aromatic N) is 1. The Labute approximate surface area is 172 Å². The van der Waals surface area contributed by atoms with E-state index < -0.39 is 11.9 Å². The molecular weight excluding hydrogens is 395 g/mol. The molecule has 2 aromatic rings. The number of rotatable bonds is 8. The zero-order valence-electron chi connectivity index (χ0n) is 15.7. The topological polar surface area (TPSA) is 75.7 Å². The first-order chi connectivity index (χ1) is 14.0. The summed E-state index contributed by atoms with van der Waals surface area (Å²) >= 11 is 1.41. The Kier molecular flexibility index (Phi) is 7.24. The molecule has 0 aromatic heterocycles. The van der Waals surface area contributed by atoms with Crippen molar-refractivity contribution in [1.29, 1.82) is 0 Å². The van der Waals surface area contributed by atoms with E-state index in [9.17, 15) is 18.8 Å². The van der Waals surface area contributed by atoms with Gasteiger partial charge >= 0.3 is 5.97 Å². The molecule has 29 heavy (non-hydrogen) atoms. The van der Waals surface area contributed by atoms with E-state index >= 15 is 0 Å². The first kappa shape index (κ1) is 20.9. The number of halogens is 1. The van der Waals surface area contributed by atoms with E-state index in [1.165, 1.54) is 23.9 Å². The van der Waals surface area contributed by atoms with Crippen molar-refractivity contribution in [3.8, 4) is 0 Å². The fraction of sp³-hybridized carbons (Fsp3) is 0.286. The molecule has 1 fully saturated rings. The third-order valence-corrected chi connectivity index (χ3v) is 5.28. The van der Waals surface area contributed by atoms with Crippen molar-refractivity contribution in [2.24, 2.45) is 0 Å². The minimum atomic E-state index is -0.480. The molecule has 152 valence electrons. The Morgan fingerprint density at radius 2 is 1.97 bits per heavy atom. The molecule has 0 radical (unpaired) electrons. The van der Waals surface area contributed by atoms with Gasteiger partial charge in [-0.05, 0) is 48.9 Å². The third-order valence-electron chi connectivity index (χ3n) is 4.27. The quantitative estimate of drug-likeness (QED) is 0.526. The number of esters is 1. The second-order valence-electron chi connectivity index (χ2n) is 6.46. The first-order valence-electron chi connectivity index (χ1n) is 9.25. The number of anilines is 2. The predicted octanol–water partition coefficient (Wildman–Crippen LogP) is 3.62. The highest BCUT2D eigenvalue weighted by Crippen LogP contribution is 2.24. The molecule has 3 rings (SSSR count). The summed E-state index contributed by atoms with van der Waals surface area (Å²) in [5.74, 6) is -0.697. The second kappa shape index (κ2) is 10.1. The van der Waals surface area contributed by atoms with Crippen molar-refractivity contribution < 1.29 is 23.5 Å². The van der Waals surface area contributed by atoms with Crippen LogP contribution in [0.5, 0.6) is 0 Å². The minimum absolute atomic E-state index is 0.0703. The maximum Gasteiger partial charge on any atom is 0.307 e. The molecule has 1 saturated heterocycles. The van der Waals surface area contributed by atoms with E-state index in [0.717, 1.165) is 17.0 Å². The van der Waals surface area contributed by atoms with E-state index in [4.69, 9.17) is 4.74 Å². The van der Waals surface area contributed by atoms with E-state index in [-0.39, 0.29) is 24.8 Å². The molecule has 2 amide bonds. The molecule has 0 saturated carbocycles. The van der Waals surface area contributed by atoms with Gasteiger partial charge in [0.15, 0.2) is 6.61 Å². The standard InChI is InChI=1S/C21H21FN2O4S/c22-15-6-8-18(9-7-15)29-12-10-21(27)28-14-19(25)23-16-3-1-4-17(13-16)24-11-2-5-20(24)26/h1,3-4,6-9,13H,2,5,10-12,14H2,(H,23,25). The van der Waals surface area contributed by atoms with Crippen LogP contribution in [0, 0.1) is 5.82 Å². The van der Waals surface area contributed by atoms with Crippen molar-refractivity contribution in [2.45, 2.75) is 24.2 Å². The van der Waals surface area contributed by atoms with Gasteiger partial charge in [0.1, 0.15) is 5.82 Å². The maximum atomic E-state index is 12.8. The monoisotopic (exact) mass is 416 g/mol. The average Bonchev–Trinajstić information content (AvgIpc) is 3.14. The number of carbonyl (C=O) groups excluding carboxylic acids is 3. The van der Waals surface area contributed by atoms with Gasteiger partial charge in [-0.2, -0.15) is 0 Å². The number of benzene rings is 2. The van der Waals surface area contributed by atoms with Crippen LogP contribution in [0.3, 0.4) is 0 Å². The molecule has 8 heteroatoms. The molecule has 0 bridgehead atoms. The van der Waals surface area contributed by atoms with Crippen LogP contribution in [-0.2, 0) is 19.1 Å². The lowest BCUT2D eigenvalue weighted by molar-refractivity contribution is -0.146. The van der Waals surface area contributed by atoms with Crippen LogP contribution in [-0.4, -0.2) is 36.7 Å². The van der Waals surface area contributed by atoms with Crippen molar-refractivity contribution in [3.05, 3.63) is 54.3 Å². The van der Waals surface area contributed by atoms with E-state index in [1.54, 1.807) is 35.2 Å². The summed E-state index contributed by atoms with van der Waals surface area (Å²) in [6.45, 7) is 0.288. The lowest BCUT2D eigenvalue weighted by Crippen LogP contribution is -2.24. The lowest BCUT2D eigenvalue weighted by atomic mass is 10.2. The van der Waals surface area contributed by atoms with Crippen LogP contribution in [0.4, 0.5) is 15.8 Å².